The third-order valence-electron chi connectivity index (χ3n) is 6.57. The Balaban J connectivity index is 0.00000400. The molecule has 10 nitrogen and oxygen atoms in total. The SMILES string of the molecule is C[N+](C)(C)CCCCCOc1cc(CNc2nc3ccccc3n2[C@@H]2O[C@H](CO)[C@@H](O)[C@H]2O)ccc1O.[I-]. The fraction of sp³-hybridized carbons (Fsp3) is 0.519. The van der Waals surface area contributed by atoms with Crippen LogP contribution in [0, 0.1) is 0 Å². The number of fused-ring (bicyclic) bond motifs is 1. The number of aliphatic hydroxyl groups excluding tert-OH is 3. The molecule has 0 aliphatic carbocycles. The standard InChI is InChI=1S/C27H38N4O6.HI/c1-31(2,3)13-7-4-8-14-36-22-15-18(11-12-21(22)33)16-28-27-29-19-9-5-6-10-20(19)30(27)26-25(35)24(34)23(17-32)37-26;/h5-6,9-12,15,23-26,32,34-35H,4,7-8,13-14,16-17H2,1-3H3,(H-,28,29,33);1H/t23-,24-,25-,26-;/m1./s1. The largest absolute Gasteiger partial charge is 1.00 e. The molecule has 1 fully saturated rings. The highest BCUT2D eigenvalue weighted by Gasteiger charge is 2.44. The Kier molecular flexibility index (Phi) is 10.6. The average Bonchev–Trinajstić information content (AvgIpc) is 3.37. The van der Waals surface area contributed by atoms with Gasteiger partial charge in [0.25, 0.3) is 0 Å². The molecule has 3 aromatic rings. The third-order valence-corrected chi connectivity index (χ3v) is 6.57. The molecule has 0 bridgehead atoms. The van der Waals surface area contributed by atoms with Crippen molar-refractivity contribution in [1.82, 2.24) is 9.55 Å². The van der Waals surface area contributed by atoms with Crippen LogP contribution in [-0.4, -0.2) is 93.7 Å². The lowest BCUT2D eigenvalue weighted by atomic mass is 10.1. The number of benzene rings is 2. The molecule has 1 saturated heterocycles. The van der Waals surface area contributed by atoms with Gasteiger partial charge in [0, 0.05) is 6.54 Å². The van der Waals surface area contributed by atoms with Crippen molar-refractivity contribution in [2.24, 2.45) is 0 Å². The summed E-state index contributed by atoms with van der Waals surface area (Å²) in [4.78, 5) is 4.65. The van der Waals surface area contributed by atoms with Gasteiger partial charge in [-0.2, -0.15) is 0 Å². The zero-order valence-corrected chi connectivity index (χ0v) is 24.3. The van der Waals surface area contributed by atoms with E-state index in [2.05, 4.69) is 31.4 Å². The fourth-order valence-electron chi connectivity index (χ4n) is 4.53. The molecule has 4 atom stereocenters. The Bertz CT molecular complexity index is 1180. The predicted molar refractivity (Wildman–Crippen MR) is 140 cm³/mol. The molecule has 1 aliphatic heterocycles. The zero-order valence-electron chi connectivity index (χ0n) is 22.1. The van der Waals surface area contributed by atoms with Gasteiger partial charge >= 0.3 is 0 Å². The molecular formula is C27H39IN4O6. The number of phenolic OH excluding ortho intramolecular Hbond substituents is 1. The van der Waals surface area contributed by atoms with Gasteiger partial charge in [-0.25, -0.2) is 4.98 Å². The molecule has 210 valence electrons. The monoisotopic (exact) mass is 642 g/mol. The van der Waals surface area contributed by atoms with Crippen LogP contribution in [0.3, 0.4) is 0 Å². The summed E-state index contributed by atoms with van der Waals surface area (Å²) in [5.74, 6) is 0.973. The van der Waals surface area contributed by atoms with Gasteiger partial charge in [-0.1, -0.05) is 18.2 Å². The van der Waals surface area contributed by atoms with E-state index in [0.717, 1.165) is 41.4 Å². The molecule has 0 amide bonds. The molecule has 0 radical (unpaired) electrons. The lowest BCUT2D eigenvalue weighted by Crippen LogP contribution is -3.00. The number of aromatic hydroxyl groups is 1. The number of rotatable bonds is 12. The van der Waals surface area contributed by atoms with Crippen molar-refractivity contribution in [3.63, 3.8) is 0 Å². The number of unbranched alkanes of at least 4 members (excludes halogenated alkanes) is 2. The van der Waals surface area contributed by atoms with E-state index in [1.807, 2.05) is 24.3 Å². The van der Waals surface area contributed by atoms with E-state index in [-0.39, 0.29) is 29.7 Å². The number of phenols is 1. The molecule has 0 saturated carbocycles. The van der Waals surface area contributed by atoms with Gasteiger partial charge in [0.05, 0.1) is 51.9 Å². The van der Waals surface area contributed by atoms with Crippen LogP contribution in [0.1, 0.15) is 31.1 Å². The van der Waals surface area contributed by atoms with E-state index in [1.165, 1.54) is 0 Å². The van der Waals surface area contributed by atoms with Crippen LogP contribution in [0.5, 0.6) is 11.5 Å². The number of hydrogen-bond acceptors (Lipinski definition) is 8. The Morgan fingerprint density at radius 3 is 2.53 bits per heavy atom. The smallest absolute Gasteiger partial charge is 0.206 e. The topological polar surface area (TPSA) is 129 Å². The number of anilines is 1. The maximum atomic E-state index is 10.6. The maximum Gasteiger partial charge on any atom is 0.206 e. The van der Waals surface area contributed by atoms with Gasteiger partial charge in [-0.3, -0.25) is 4.57 Å². The molecule has 0 unspecified atom stereocenters. The minimum absolute atomic E-state index is 0. The summed E-state index contributed by atoms with van der Waals surface area (Å²) >= 11 is 0. The minimum atomic E-state index is -1.23. The number of para-hydroxylation sites is 2. The highest BCUT2D eigenvalue weighted by Crippen LogP contribution is 2.35. The Morgan fingerprint density at radius 1 is 1.05 bits per heavy atom. The fourth-order valence-corrected chi connectivity index (χ4v) is 4.53. The molecule has 0 spiro atoms. The summed E-state index contributed by atoms with van der Waals surface area (Å²) in [5.41, 5.74) is 2.29. The first kappa shape index (κ1) is 30.4. The van der Waals surface area contributed by atoms with Crippen LogP contribution in [0.2, 0.25) is 0 Å². The summed E-state index contributed by atoms with van der Waals surface area (Å²) in [7, 11) is 6.55. The molecule has 38 heavy (non-hydrogen) atoms. The van der Waals surface area contributed by atoms with E-state index in [4.69, 9.17) is 9.47 Å². The number of halogens is 1. The molecule has 1 aromatic heterocycles. The van der Waals surface area contributed by atoms with E-state index < -0.39 is 31.1 Å². The van der Waals surface area contributed by atoms with Gasteiger partial charge in [0.2, 0.25) is 5.95 Å². The van der Waals surface area contributed by atoms with Gasteiger partial charge in [-0.15, -0.1) is 0 Å². The van der Waals surface area contributed by atoms with Crippen LogP contribution in [0.25, 0.3) is 11.0 Å². The van der Waals surface area contributed by atoms with Crippen LogP contribution in [0.4, 0.5) is 5.95 Å². The second kappa shape index (κ2) is 13.3. The molecule has 2 aromatic carbocycles. The van der Waals surface area contributed by atoms with Crippen LogP contribution in [-0.2, 0) is 11.3 Å². The summed E-state index contributed by atoms with van der Waals surface area (Å²) in [6.07, 6.45) is -1.15. The first-order valence-corrected chi connectivity index (χ1v) is 12.8. The molecular weight excluding hydrogens is 603 g/mol. The summed E-state index contributed by atoms with van der Waals surface area (Å²) in [5, 5.41) is 44.0. The van der Waals surface area contributed by atoms with Crippen molar-refractivity contribution in [1.29, 1.82) is 0 Å². The Labute approximate surface area is 240 Å². The first-order valence-electron chi connectivity index (χ1n) is 12.8. The van der Waals surface area contributed by atoms with Gasteiger partial charge < -0.3 is 63.7 Å². The normalized spacial score (nSPS) is 21.4. The second-order valence-corrected chi connectivity index (χ2v) is 10.6. The minimum Gasteiger partial charge on any atom is -1.00 e. The van der Waals surface area contributed by atoms with Crippen LogP contribution < -0.4 is 34.0 Å². The van der Waals surface area contributed by atoms with Crippen LogP contribution >= 0.6 is 0 Å². The highest BCUT2D eigenvalue weighted by atomic mass is 127. The second-order valence-electron chi connectivity index (χ2n) is 10.6. The lowest BCUT2D eigenvalue weighted by Gasteiger charge is -2.23. The number of aromatic nitrogens is 2. The van der Waals surface area contributed by atoms with Crippen molar-refractivity contribution < 1.29 is 58.4 Å². The third kappa shape index (κ3) is 7.27. The van der Waals surface area contributed by atoms with Crippen molar-refractivity contribution in [3.8, 4) is 11.5 Å². The molecule has 11 heteroatoms. The quantitative estimate of drug-likeness (QED) is 0.0991. The molecule has 2 heterocycles. The number of nitrogens with one attached hydrogen (secondary N) is 1. The van der Waals surface area contributed by atoms with Gasteiger partial charge in [0.1, 0.15) is 18.3 Å². The van der Waals surface area contributed by atoms with Gasteiger partial charge in [0.15, 0.2) is 17.7 Å². The van der Waals surface area contributed by atoms with E-state index >= 15 is 0 Å². The molecule has 5 N–H and O–H groups in total. The van der Waals surface area contributed by atoms with Crippen molar-refractivity contribution in [3.05, 3.63) is 48.0 Å². The average molecular weight is 643 g/mol. The highest BCUT2D eigenvalue weighted by molar-refractivity contribution is 5.78. The first-order chi connectivity index (χ1) is 17.7. The Morgan fingerprint density at radius 2 is 1.82 bits per heavy atom. The van der Waals surface area contributed by atoms with Crippen molar-refractivity contribution >= 4 is 17.0 Å². The zero-order chi connectivity index (χ0) is 26.6. The number of aliphatic hydroxyl groups is 3. The Hall–Kier alpha value is -2.16. The molecule has 4 rings (SSSR count). The van der Waals surface area contributed by atoms with E-state index in [1.54, 1.807) is 22.8 Å². The van der Waals surface area contributed by atoms with Crippen LogP contribution in [0.15, 0.2) is 42.5 Å². The summed E-state index contributed by atoms with van der Waals surface area (Å²) < 4.78 is 14.3. The predicted octanol–water partition coefficient (Wildman–Crippen LogP) is -0.775. The number of ether oxygens (including phenoxy) is 2. The van der Waals surface area contributed by atoms with E-state index in [9.17, 15) is 20.4 Å². The number of nitrogens with zero attached hydrogens (tertiary/aromatic N) is 3. The summed E-state index contributed by atoms with van der Waals surface area (Å²) in [6.45, 7) is 1.61. The summed E-state index contributed by atoms with van der Waals surface area (Å²) in [6, 6.07) is 12.6. The van der Waals surface area contributed by atoms with E-state index in [0.29, 0.717) is 30.4 Å². The number of quaternary nitrogens is 1. The van der Waals surface area contributed by atoms with Crippen molar-refractivity contribution in [2.75, 3.05) is 46.2 Å². The lowest BCUT2D eigenvalue weighted by molar-refractivity contribution is -0.870. The number of imidazole rings is 1. The van der Waals surface area contributed by atoms with Crippen molar-refractivity contribution in [2.45, 2.75) is 50.3 Å². The maximum absolute atomic E-state index is 10.6. The number of hydrogen-bond donors (Lipinski definition) is 5. The molecule has 1 aliphatic rings. The van der Waals surface area contributed by atoms with Gasteiger partial charge in [-0.05, 0) is 49.1 Å².